The largest absolute Gasteiger partial charge is 0.493 e. The summed E-state index contributed by atoms with van der Waals surface area (Å²) in [7, 11) is 0. The normalized spacial score (nSPS) is 16.5. The van der Waals surface area contributed by atoms with Crippen LogP contribution in [0.1, 0.15) is 35.7 Å². The van der Waals surface area contributed by atoms with Gasteiger partial charge in [-0.1, -0.05) is 25.1 Å². The van der Waals surface area contributed by atoms with Crippen molar-refractivity contribution in [1.29, 1.82) is 0 Å². The van der Waals surface area contributed by atoms with Gasteiger partial charge in [-0.05, 0) is 29.3 Å². The SMILES string of the molecule is CC(c1ccccn1)C(N)c1ccc2c(c1)CCO2. The Morgan fingerprint density at radius 3 is 2.95 bits per heavy atom. The lowest BCUT2D eigenvalue weighted by Crippen LogP contribution is -2.18. The van der Waals surface area contributed by atoms with Crippen molar-refractivity contribution in [3.8, 4) is 5.75 Å². The average molecular weight is 254 g/mol. The van der Waals surface area contributed by atoms with Crippen molar-refractivity contribution in [3.63, 3.8) is 0 Å². The lowest BCUT2D eigenvalue weighted by molar-refractivity contribution is 0.356. The van der Waals surface area contributed by atoms with Gasteiger partial charge in [0.15, 0.2) is 0 Å². The number of hydrogen-bond donors (Lipinski definition) is 1. The summed E-state index contributed by atoms with van der Waals surface area (Å²) < 4.78 is 5.53. The second-order valence-electron chi connectivity index (χ2n) is 5.03. The van der Waals surface area contributed by atoms with Crippen LogP contribution in [0.25, 0.3) is 0 Å². The minimum Gasteiger partial charge on any atom is -0.493 e. The Bertz CT molecular complexity index is 568. The quantitative estimate of drug-likeness (QED) is 0.916. The standard InChI is InChI=1S/C16H18N2O/c1-11(14-4-2-3-8-18-14)16(17)13-5-6-15-12(10-13)7-9-19-15/h2-6,8,10-11,16H,7,9,17H2,1H3. The number of benzene rings is 1. The fourth-order valence-corrected chi connectivity index (χ4v) is 2.53. The molecule has 2 heterocycles. The number of fused-ring (bicyclic) bond motifs is 1. The molecule has 98 valence electrons. The third kappa shape index (κ3) is 2.34. The summed E-state index contributed by atoms with van der Waals surface area (Å²) in [5, 5.41) is 0. The Hall–Kier alpha value is -1.87. The second-order valence-corrected chi connectivity index (χ2v) is 5.03. The zero-order valence-corrected chi connectivity index (χ0v) is 11.0. The zero-order valence-electron chi connectivity index (χ0n) is 11.0. The maximum Gasteiger partial charge on any atom is 0.122 e. The highest BCUT2D eigenvalue weighted by atomic mass is 16.5. The predicted molar refractivity (Wildman–Crippen MR) is 75.2 cm³/mol. The molecule has 0 amide bonds. The van der Waals surface area contributed by atoms with E-state index in [1.807, 2.05) is 30.5 Å². The highest BCUT2D eigenvalue weighted by Crippen LogP contribution is 2.32. The van der Waals surface area contributed by atoms with E-state index >= 15 is 0 Å². The van der Waals surface area contributed by atoms with Crippen LogP contribution in [0, 0.1) is 0 Å². The minimum atomic E-state index is -0.0409. The first kappa shape index (κ1) is 12.2. The molecule has 0 radical (unpaired) electrons. The van der Waals surface area contributed by atoms with Gasteiger partial charge >= 0.3 is 0 Å². The molecular weight excluding hydrogens is 236 g/mol. The van der Waals surface area contributed by atoms with Crippen molar-refractivity contribution < 1.29 is 4.74 Å². The lowest BCUT2D eigenvalue weighted by atomic mass is 9.91. The molecule has 2 N–H and O–H groups in total. The Kier molecular flexibility index (Phi) is 3.22. The maximum atomic E-state index is 6.38. The molecule has 0 bridgehead atoms. The fourth-order valence-electron chi connectivity index (χ4n) is 2.53. The predicted octanol–water partition coefficient (Wildman–Crippen LogP) is 2.82. The molecule has 1 aliphatic heterocycles. The number of rotatable bonds is 3. The van der Waals surface area contributed by atoms with Gasteiger partial charge in [-0.15, -0.1) is 0 Å². The first-order chi connectivity index (χ1) is 9.25. The van der Waals surface area contributed by atoms with Gasteiger partial charge in [-0.25, -0.2) is 0 Å². The molecule has 0 saturated heterocycles. The Balaban J connectivity index is 1.86. The van der Waals surface area contributed by atoms with Gasteiger partial charge in [0.05, 0.1) is 6.61 Å². The monoisotopic (exact) mass is 254 g/mol. The number of aromatic nitrogens is 1. The van der Waals surface area contributed by atoms with Crippen LogP contribution in [-0.2, 0) is 6.42 Å². The van der Waals surface area contributed by atoms with E-state index in [4.69, 9.17) is 10.5 Å². The van der Waals surface area contributed by atoms with Crippen molar-refractivity contribution in [2.24, 2.45) is 5.73 Å². The molecule has 3 nitrogen and oxygen atoms in total. The van der Waals surface area contributed by atoms with Gasteiger partial charge in [0.2, 0.25) is 0 Å². The van der Waals surface area contributed by atoms with Crippen LogP contribution in [-0.4, -0.2) is 11.6 Å². The summed E-state index contributed by atoms with van der Waals surface area (Å²) in [6.45, 7) is 2.90. The first-order valence-corrected chi connectivity index (χ1v) is 6.68. The van der Waals surface area contributed by atoms with Crippen LogP contribution < -0.4 is 10.5 Å². The Morgan fingerprint density at radius 1 is 1.26 bits per heavy atom. The van der Waals surface area contributed by atoms with E-state index in [9.17, 15) is 0 Å². The summed E-state index contributed by atoms with van der Waals surface area (Å²) in [5.74, 6) is 1.20. The van der Waals surface area contributed by atoms with Gasteiger partial charge in [0.25, 0.3) is 0 Å². The van der Waals surface area contributed by atoms with Gasteiger partial charge in [-0.3, -0.25) is 4.98 Å². The molecular formula is C16H18N2O. The van der Waals surface area contributed by atoms with Crippen molar-refractivity contribution in [2.45, 2.75) is 25.3 Å². The molecule has 1 aromatic carbocycles. The lowest BCUT2D eigenvalue weighted by Gasteiger charge is -2.20. The van der Waals surface area contributed by atoms with Crippen LogP contribution >= 0.6 is 0 Å². The number of pyridine rings is 1. The minimum absolute atomic E-state index is 0.0409. The van der Waals surface area contributed by atoms with Gasteiger partial charge in [0.1, 0.15) is 5.75 Å². The fraction of sp³-hybridized carbons (Fsp3) is 0.312. The Labute approximate surface area is 113 Å². The molecule has 0 saturated carbocycles. The van der Waals surface area contributed by atoms with Crippen molar-refractivity contribution >= 4 is 0 Å². The molecule has 3 heteroatoms. The molecule has 19 heavy (non-hydrogen) atoms. The van der Waals surface area contributed by atoms with Crippen LogP contribution in [0.5, 0.6) is 5.75 Å². The van der Waals surface area contributed by atoms with Crippen molar-refractivity contribution in [2.75, 3.05) is 6.61 Å². The average Bonchev–Trinajstić information content (AvgIpc) is 2.94. The van der Waals surface area contributed by atoms with E-state index in [-0.39, 0.29) is 12.0 Å². The molecule has 0 aliphatic carbocycles. The van der Waals surface area contributed by atoms with Crippen LogP contribution in [0.2, 0.25) is 0 Å². The summed E-state index contributed by atoms with van der Waals surface area (Å²) in [6, 6.07) is 12.2. The molecule has 1 aliphatic rings. The van der Waals surface area contributed by atoms with E-state index < -0.39 is 0 Å². The summed E-state index contributed by atoms with van der Waals surface area (Å²) in [4.78, 5) is 4.39. The smallest absolute Gasteiger partial charge is 0.122 e. The van der Waals surface area contributed by atoms with Crippen LogP contribution in [0.15, 0.2) is 42.6 Å². The molecule has 2 aromatic rings. The second kappa shape index (κ2) is 5.02. The Morgan fingerprint density at radius 2 is 2.16 bits per heavy atom. The van der Waals surface area contributed by atoms with Crippen molar-refractivity contribution in [1.82, 2.24) is 4.98 Å². The van der Waals surface area contributed by atoms with Gasteiger partial charge in [0, 0.05) is 30.3 Å². The van der Waals surface area contributed by atoms with E-state index in [1.165, 1.54) is 5.56 Å². The van der Waals surface area contributed by atoms with Gasteiger partial charge < -0.3 is 10.5 Å². The van der Waals surface area contributed by atoms with Crippen LogP contribution in [0.4, 0.5) is 0 Å². The first-order valence-electron chi connectivity index (χ1n) is 6.68. The maximum absolute atomic E-state index is 6.38. The number of ether oxygens (including phenoxy) is 1. The topological polar surface area (TPSA) is 48.1 Å². The number of nitrogens with zero attached hydrogens (tertiary/aromatic N) is 1. The zero-order chi connectivity index (χ0) is 13.2. The molecule has 1 aromatic heterocycles. The summed E-state index contributed by atoms with van der Waals surface area (Å²) in [6.07, 6.45) is 2.79. The van der Waals surface area contributed by atoms with E-state index in [2.05, 4.69) is 24.0 Å². The number of nitrogens with two attached hydrogens (primary N) is 1. The van der Waals surface area contributed by atoms with E-state index in [0.29, 0.717) is 0 Å². The highest BCUT2D eigenvalue weighted by Gasteiger charge is 2.20. The van der Waals surface area contributed by atoms with Crippen LogP contribution in [0.3, 0.4) is 0 Å². The van der Waals surface area contributed by atoms with Crippen molar-refractivity contribution in [3.05, 3.63) is 59.4 Å². The van der Waals surface area contributed by atoms with Gasteiger partial charge in [-0.2, -0.15) is 0 Å². The molecule has 3 rings (SSSR count). The molecule has 2 atom stereocenters. The summed E-state index contributed by atoms with van der Waals surface area (Å²) in [5.41, 5.74) is 9.84. The summed E-state index contributed by atoms with van der Waals surface area (Å²) >= 11 is 0. The number of hydrogen-bond acceptors (Lipinski definition) is 3. The third-order valence-corrected chi connectivity index (χ3v) is 3.79. The van der Waals surface area contributed by atoms with E-state index in [0.717, 1.165) is 30.0 Å². The molecule has 0 fully saturated rings. The van der Waals surface area contributed by atoms with E-state index in [1.54, 1.807) is 0 Å². The molecule has 2 unspecified atom stereocenters. The highest BCUT2D eigenvalue weighted by molar-refractivity contribution is 5.41. The third-order valence-electron chi connectivity index (χ3n) is 3.79. The molecule has 0 spiro atoms.